The maximum Gasteiger partial charge on any atom is 0.246 e. The lowest BCUT2D eigenvalue weighted by atomic mass is 10.0. The SMILES string of the molecule is CC(C(=O)Nc1cc(Cl)cc(Cl)c1)N(CCc1ccc(-c2cccc(C#N)c2)cc1)C(=O)CN1CCCCC1. The quantitative estimate of drug-likeness (QED) is 0.326. The smallest absolute Gasteiger partial charge is 0.246 e. The fraction of sp³-hybridized carbons (Fsp3) is 0.323. The molecule has 6 nitrogen and oxygen atoms in total. The zero-order chi connectivity index (χ0) is 27.8. The van der Waals surface area contributed by atoms with Crippen molar-refractivity contribution in [1.29, 1.82) is 5.26 Å². The number of hydrogen-bond acceptors (Lipinski definition) is 4. The number of piperidine rings is 1. The molecule has 0 aliphatic carbocycles. The van der Waals surface area contributed by atoms with Crippen LogP contribution in [0.15, 0.2) is 66.7 Å². The van der Waals surface area contributed by atoms with E-state index in [-0.39, 0.29) is 11.8 Å². The summed E-state index contributed by atoms with van der Waals surface area (Å²) in [6.07, 6.45) is 3.96. The Morgan fingerprint density at radius 2 is 1.67 bits per heavy atom. The molecule has 8 heteroatoms. The van der Waals surface area contributed by atoms with Crippen LogP contribution < -0.4 is 5.32 Å². The third-order valence-electron chi connectivity index (χ3n) is 7.03. The first kappa shape index (κ1) is 28.6. The normalized spacial score (nSPS) is 14.3. The van der Waals surface area contributed by atoms with Crippen molar-refractivity contribution in [3.63, 3.8) is 0 Å². The third kappa shape index (κ3) is 8.06. The molecule has 1 heterocycles. The van der Waals surface area contributed by atoms with Crippen LogP contribution in [0.2, 0.25) is 10.0 Å². The van der Waals surface area contributed by atoms with Crippen LogP contribution in [-0.4, -0.2) is 53.8 Å². The highest BCUT2D eigenvalue weighted by molar-refractivity contribution is 6.35. The first-order valence-electron chi connectivity index (χ1n) is 13.2. The van der Waals surface area contributed by atoms with E-state index in [4.69, 9.17) is 23.2 Å². The van der Waals surface area contributed by atoms with Crippen molar-refractivity contribution in [2.75, 3.05) is 31.5 Å². The second kappa shape index (κ2) is 13.6. The molecule has 0 bridgehead atoms. The van der Waals surface area contributed by atoms with E-state index >= 15 is 0 Å². The lowest BCUT2D eigenvalue weighted by Crippen LogP contribution is -2.50. The molecule has 1 fully saturated rings. The van der Waals surface area contributed by atoms with Gasteiger partial charge in [-0.2, -0.15) is 5.26 Å². The molecule has 39 heavy (non-hydrogen) atoms. The van der Waals surface area contributed by atoms with Gasteiger partial charge in [0.15, 0.2) is 0 Å². The summed E-state index contributed by atoms with van der Waals surface area (Å²) in [5.74, 6) is -0.360. The number of likely N-dealkylation sites (tertiary alicyclic amines) is 1. The molecule has 1 aliphatic rings. The van der Waals surface area contributed by atoms with Crippen molar-refractivity contribution in [3.05, 3.63) is 87.9 Å². The molecule has 1 N–H and O–H groups in total. The Kier molecular flexibility index (Phi) is 10.00. The van der Waals surface area contributed by atoms with Crippen molar-refractivity contribution in [2.45, 2.75) is 38.6 Å². The number of rotatable bonds is 9. The van der Waals surface area contributed by atoms with E-state index in [0.29, 0.717) is 40.8 Å². The number of benzene rings is 3. The first-order chi connectivity index (χ1) is 18.8. The van der Waals surface area contributed by atoms with Crippen molar-refractivity contribution in [2.24, 2.45) is 0 Å². The lowest BCUT2D eigenvalue weighted by Gasteiger charge is -2.32. The van der Waals surface area contributed by atoms with E-state index in [0.717, 1.165) is 42.6 Å². The number of carbonyl (C=O) groups is 2. The summed E-state index contributed by atoms with van der Waals surface area (Å²) in [5.41, 5.74) is 4.16. The van der Waals surface area contributed by atoms with Crippen LogP contribution in [0.3, 0.4) is 0 Å². The predicted octanol–water partition coefficient (Wildman–Crippen LogP) is 6.42. The van der Waals surface area contributed by atoms with E-state index in [1.165, 1.54) is 6.42 Å². The minimum absolute atomic E-state index is 0.0615. The van der Waals surface area contributed by atoms with Crippen LogP contribution >= 0.6 is 23.2 Å². The molecule has 3 aromatic carbocycles. The molecule has 0 radical (unpaired) electrons. The Morgan fingerprint density at radius 3 is 2.33 bits per heavy atom. The van der Waals surface area contributed by atoms with Crippen LogP contribution in [0.1, 0.15) is 37.3 Å². The number of amides is 2. The second-order valence-corrected chi connectivity index (χ2v) is 10.8. The second-order valence-electron chi connectivity index (χ2n) is 9.89. The minimum atomic E-state index is -0.687. The summed E-state index contributed by atoms with van der Waals surface area (Å²) < 4.78 is 0. The minimum Gasteiger partial charge on any atom is -0.329 e. The van der Waals surface area contributed by atoms with Gasteiger partial charge in [0.05, 0.1) is 18.2 Å². The molecule has 1 saturated heterocycles. The molecule has 0 aromatic heterocycles. The number of nitrogens with one attached hydrogen (secondary N) is 1. The van der Waals surface area contributed by atoms with Gasteiger partial charge in [-0.25, -0.2) is 0 Å². The van der Waals surface area contributed by atoms with Crippen LogP contribution in [0.5, 0.6) is 0 Å². The molecular formula is C31H32Cl2N4O2. The first-order valence-corrected chi connectivity index (χ1v) is 14.0. The maximum absolute atomic E-state index is 13.5. The molecular weight excluding hydrogens is 531 g/mol. The highest BCUT2D eigenvalue weighted by atomic mass is 35.5. The van der Waals surface area contributed by atoms with Gasteiger partial charge < -0.3 is 10.2 Å². The van der Waals surface area contributed by atoms with Gasteiger partial charge in [-0.1, -0.05) is 66.0 Å². The summed E-state index contributed by atoms with van der Waals surface area (Å²) in [6.45, 7) is 4.25. The van der Waals surface area contributed by atoms with Crippen LogP contribution in [-0.2, 0) is 16.0 Å². The summed E-state index contributed by atoms with van der Waals surface area (Å²) in [6, 6.07) is 21.9. The summed E-state index contributed by atoms with van der Waals surface area (Å²) in [5, 5.41) is 12.9. The van der Waals surface area contributed by atoms with Crippen LogP contribution in [0.4, 0.5) is 5.69 Å². The van der Waals surface area contributed by atoms with Crippen molar-refractivity contribution < 1.29 is 9.59 Å². The highest BCUT2D eigenvalue weighted by Crippen LogP contribution is 2.24. The van der Waals surface area contributed by atoms with Gasteiger partial charge in [0.2, 0.25) is 11.8 Å². The van der Waals surface area contributed by atoms with Gasteiger partial charge in [-0.3, -0.25) is 14.5 Å². The van der Waals surface area contributed by atoms with Crippen molar-refractivity contribution >= 4 is 40.7 Å². The van der Waals surface area contributed by atoms with Crippen molar-refractivity contribution in [1.82, 2.24) is 9.80 Å². The number of nitrogens with zero attached hydrogens (tertiary/aromatic N) is 3. The predicted molar refractivity (Wildman–Crippen MR) is 157 cm³/mol. The van der Waals surface area contributed by atoms with E-state index < -0.39 is 6.04 Å². The Labute approximate surface area is 240 Å². The summed E-state index contributed by atoms with van der Waals surface area (Å²) in [4.78, 5) is 30.5. The Bertz CT molecular complexity index is 1330. The van der Waals surface area contributed by atoms with Gasteiger partial charge in [0, 0.05) is 22.3 Å². The van der Waals surface area contributed by atoms with Crippen LogP contribution in [0.25, 0.3) is 11.1 Å². The number of hydrogen-bond donors (Lipinski definition) is 1. The fourth-order valence-electron chi connectivity index (χ4n) is 4.83. The van der Waals surface area contributed by atoms with Gasteiger partial charge in [0.1, 0.15) is 6.04 Å². The Hall–Kier alpha value is -3.37. The summed E-state index contributed by atoms with van der Waals surface area (Å²) in [7, 11) is 0. The topological polar surface area (TPSA) is 76.4 Å². The zero-order valence-corrected chi connectivity index (χ0v) is 23.5. The lowest BCUT2D eigenvalue weighted by molar-refractivity contribution is -0.139. The summed E-state index contributed by atoms with van der Waals surface area (Å²) >= 11 is 12.2. The van der Waals surface area contributed by atoms with E-state index in [1.54, 1.807) is 36.1 Å². The molecule has 1 unspecified atom stereocenters. The Balaban J connectivity index is 1.47. The molecule has 4 rings (SSSR count). The van der Waals surface area contributed by atoms with Gasteiger partial charge in [0.25, 0.3) is 0 Å². The average Bonchev–Trinajstić information content (AvgIpc) is 2.93. The van der Waals surface area contributed by atoms with Gasteiger partial charge >= 0.3 is 0 Å². The Morgan fingerprint density at radius 1 is 0.974 bits per heavy atom. The molecule has 1 aliphatic heterocycles. The highest BCUT2D eigenvalue weighted by Gasteiger charge is 2.27. The zero-order valence-electron chi connectivity index (χ0n) is 22.0. The van der Waals surface area contributed by atoms with E-state index in [1.807, 2.05) is 42.5 Å². The number of anilines is 1. The van der Waals surface area contributed by atoms with Gasteiger partial charge in [-0.05, 0) is 86.3 Å². The number of carbonyl (C=O) groups excluding carboxylic acids is 2. The molecule has 1 atom stereocenters. The standard InChI is InChI=1S/C31H32Cl2N4O2/c1-22(31(39)35-29-18-27(32)17-28(33)19-29)37(30(38)21-36-13-3-2-4-14-36)15-12-23-8-10-25(11-9-23)26-7-5-6-24(16-26)20-34/h5-11,16-19,22H,2-4,12-15,21H2,1H3,(H,35,39). The monoisotopic (exact) mass is 562 g/mol. The maximum atomic E-state index is 13.5. The van der Waals surface area contributed by atoms with E-state index in [2.05, 4.69) is 16.3 Å². The molecule has 202 valence electrons. The van der Waals surface area contributed by atoms with Crippen LogP contribution in [0, 0.1) is 11.3 Å². The van der Waals surface area contributed by atoms with Gasteiger partial charge in [-0.15, -0.1) is 0 Å². The third-order valence-corrected chi connectivity index (χ3v) is 7.46. The molecule has 0 spiro atoms. The molecule has 2 amide bonds. The molecule has 0 saturated carbocycles. The number of halogens is 2. The molecule has 3 aromatic rings. The van der Waals surface area contributed by atoms with Crippen molar-refractivity contribution in [3.8, 4) is 17.2 Å². The fourth-order valence-corrected chi connectivity index (χ4v) is 5.36. The number of nitriles is 1. The average molecular weight is 564 g/mol. The van der Waals surface area contributed by atoms with E-state index in [9.17, 15) is 14.9 Å². The largest absolute Gasteiger partial charge is 0.329 e.